The van der Waals surface area contributed by atoms with Crippen molar-refractivity contribution in [3.8, 4) is 0 Å². The van der Waals surface area contributed by atoms with Gasteiger partial charge in [0, 0.05) is 5.69 Å². The zero-order chi connectivity index (χ0) is 14.8. The van der Waals surface area contributed by atoms with Gasteiger partial charge in [0.15, 0.2) is 5.65 Å². The summed E-state index contributed by atoms with van der Waals surface area (Å²) in [5, 5.41) is 13.5. The molecule has 0 unspecified atom stereocenters. The number of benzene rings is 1. The molecule has 0 bridgehead atoms. The molecule has 0 saturated carbocycles. The van der Waals surface area contributed by atoms with Crippen molar-refractivity contribution in [1.29, 1.82) is 0 Å². The van der Waals surface area contributed by atoms with E-state index in [9.17, 15) is 9.90 Å². The van der Waals surface area contributed by atoms with Gasteiger partial charge in [0.05, 0.1) is 5.02 Å². The molecule has 21 heavy (non-hydrogen) atoms. The highest BCUT2D eigenvalue weighted by atomic mass is 35.5. The number of aryl methyl sites for hydroxylation is 2. The molecule has 3 aromatic rings. The van der Waals surface area contributed by atoms with Gasteiger partial charge in [-0.3, -0.25) is 0 Å². The van der Waals surface area contributed by atoms with Gasteiger partial charge in [-0.25, -0.2) is 14.3 Å². The molecule has 0 radical (unpaired) electrons. The maximum Gasteiger partial charge on any atom is 0.341 e. The zero-order valence-corrected chi connectivity index (χ0v) is 11.8. The summed E-state index contributed by atoms with van der Waals surface area (Å²) in [6.07, 6.45) is 2.85. The van der Waals surface area contributed by atoms with Crippen LogP contribution in [0.15, 0.2) is 42.7 Å². The normalized spacial score (nSPS) is 10.9. The summed E-state index contributed by atoms with van der Waals surface area (Å²) in [6.45, 7) is 0. The summed E-state index contributed by atoms with van der Waals surface area (Å²) in [6, 6.07) is 11.7. The number of rotatable bonds is 4. The Morgan fingerprint density at radius 3 is 2.71 bits per heavy atom. The Labute approximate surface area is 125 Å². The first kappa shape index (κ1) is 13.6. The summed E-state index contributed by atoms with van der Waals surface area (Å²) in [5.74, 6) is -1.10. The van der Waals surface area contributed by atoms with Gasteiger partial charge in [-0.15, -0.1) is 0 Å². The molecule has 0 aliphatic rings. The third kappa shape index (κ3) is 2.60. The zero-order valence-electron chi connectivity index (χ0n) is 11.0. The van der Waals surface area contributed by atoms with Crippen molar-refractivity contribution in [2.45, 2.75) is 12.8 Å². The highest BCUT2D eigenvalue weighted by molar-refractivity contribution is 6.34. The van der Waals surface area contributed by atoms with Gasteiger partial charge in [0.25, 0.3) is 0 Å². The Hall–Kier alpha value is -2.40. The van der Waals surface area contributed by atoms with Gasteiger partial charge < -0.3 is 5.11 Å². The fourth-order valence-corrected chi connectivity index (χ4v) is 2.59. The Morgan fingerprint density at radius 2 is 2.00 bits per heavy atom. The van der Waals surface area contributed by atoms with E-state index in [0.717, 1.165) is 12.1 Å². The molecule has 0 aliphatic heterocycles. The number of aromatic carboxylic acids is 1. The van der Waals surface area contributed by atoms with E-state index in [1.54, 1.807) is 6.07 Å². The van der Waals surface area contributed by atoms with Crippen molar-refractivity contribution >= 4 is 23.2 Å². The second-order valence-corrected chi connectivity index (χ2v) is 5.05. The van der Waals surface area contributed by atoms with Crippen molar-refractivity contribution in [3.05, 3.63) is 64.6 Å². The third-order valence-electron chi connectivity index (χ3n) is 3.30. The number of pyridine rings is 1. The van der Waals surface area contributed by atoms with Crippen LogP contribution in [-0.4, -0.2) is 25.7 Å². The smallest absolute Gasteiger partial charge is 0.341 e. The number of hydrogen-bond donors (Lipinski definition) is 1. The molecule has 0 atom stereocenters. The predicted octanol–water partition coefficient (Wildman–Crippen LogP) is 2.87. The fourth-order valence-electron chi connectivity index (χ4n) is 2.30. The van der Waals surface area contributed by atoms with Crippen LogP contribution in [0.3, 0.4) is 0 Å². The van der Waals surface area contributed by atoms with Crippen LogP contribution in [0.25, 0.3) is 5.65 Å². The van der Waals surface area contributed by atoms with E-state index in [4.69, 9.17) is 11.6 Å². The van der Waals surface area contributed by atoms with Gasteiger partial charge >= 0.3 is 5.97 Å². The minimum Gasteiger partial charge on any atom is -0.478 e. The summed E-state index contributed by atoms with van der Waals surface area (Å²) >= 11 is 6.08. The molecule has 1 N–H and O–H groups in total. The van der Waals surface area contributed by atoms with Crippen LogP contribution in [0.4, 0.5) is 0 Å². The maximum absolute atomic E-state index is 11.3. The van der Waals surface area contributed by atoms with E-state index in [0.29, 0.717) is 6.42 Å². The average molecular weight is 302 g/mol. The van der Waals surface area contributed by atoms with Crippen molar-refractivity contribution in [2.75, 3.05) is 0 Å². The largest absolute Gasteiger partial charge is 0.478 e. The minimum absolute atomic E-state index is 0.0161. The van der Waals surface area contributed by atoms with Crippen molar-refractivity contribution in [1.82, 2.24) is 14.6 Å². The lowest BCUT2D eigenvalue weighted by Gasteiger charge is -2.08. The lowest BCUT2D eigenvalue weighted by atomic mass is 10.1. The molecule has 1 aromatic carbocycles. The van der Waals surface area contributed by atoms with Gasteiger partial charge in [0.2, 0.25) is 0 Å². The Morgan fingerprint density at radius 1 is 1.24 bits per heavy atom. The maximum atomic E-state index is 11.3. The van der Waals surface area contributed by atoms with E-state index in [2.05, 4.69) is 10.1 Å². The number of halogens is 1. The van der Waals surface area contributed by atoms with Crippen molar-refractivity contribution in [2.24, 2.45) is 0 Å². The van der Waals surface area contributed by atoms with E-state index in [1.165, 1.54) is 16.4 Å². The third-order valence-corrected chi connectivity index (χ3v) is 3.60. The molecule has 3 rings (SSSR count). The van der Waals surface area contributed by atoms with Gasteiger partial charge in [0.1, 0.15) is 11.9 Å². The molecule has 2 heterocycles. The van der Waals surface area contributed by atoms with Crippen LogP contribution < -0.4 is 0 Å². The number of carboxylic acids is 1. The highest BCUT2D eigenvalue weighted by Crippen LogP contribution is 2.23. The van der Waals surface area contributed by atoms with Crippen LogP contribution >= 0.6 is 11.6 Å². The average Bonchev–Trinajstić information content (AvgIpc) is 2.94. The Balaban J connectivity index is 1.98. The number of carbonyl (C=O) groups is 1. The van der Waals surface area contributed by atoms with E-state index >= 15 is 0 Å². The van der Waals surface area contributed by atoms with Gasteiger partial charge in [-0.2, -0.15) is 5.10 Å². The second kappa shape index (κ2) is 5.54. The monoisotopic (exact) mass is 301 g/mol. The predicted molar refractivity (Wildman–Crippen MR) is 78.8 cm³/mol. The molecule has 0 amide bonds. The van der Waals surface area contributed by atoms with Gasteiger partial charge in [-0.05, 0) is 24.5 Å². The van der Waals surface area contributed by atoms with E-state index in [-0.39, 0.29) is 16.2 Å². The summed E-state index contributed by atoms with van der Waals surface area (Å²) < 4.78 is 1.54. The molecule has 0 spiro atoms. The summed E-state index contributed by atoms with van der Waals surface area (Å²) in [7, 11) is 0. The first-order valence-corrected chi connectivity index (χ1v) is 6.83. The molecule has 6 heteroatoms. The van der Waals surface area contributed by atoms with Crippen molar-refractivity contribution in [3.63, 3.8) is 0 Å². The number of hydrogen-bond acceptors (Lipinski definition) is 3. The highest BCUT2D eigenvalue weighted by Gasteiger charge is 2.18. The molecular weight excluding hydrogens is 290 g/mol. The van der Waals surface area contributed by atoms with E-state index in [1.807, 2.05) is 30.3 Å². The van der Waals surface area contributed by atoms with Crippen LogP contribution in [0.1, 0.15) is 21.6 Å². The van der Waals surface area contributed by atoms with Gasteiger partial charge in [-0.1, -0.05) is 41.9 Å². The van der Waals surface area contributed by atoms with Crippen molar-refractivity contribution < 1.29 is 9.90 Å². The van der Waals surface area contributed by atoms with E-state index < -0.39 is 5.97 Å². The lowest BCUT2D eigenvalue weighted by Crippen LogP contribution is -2.08. The summed E-state index contributed by atoms with van der Waals surface area (Å²) in [5.41, 5.74) is 2.29. The molecule has 0 fully saturated rings. The minimum atomic E-state index is -1.10. The summed E-state index contributed by atoms with van der Waals surface area (Å²) in [4.78, 5) is 15.3. The SMILES string of the molecule is O=C(O)c1c(Cl)cc(CCc2ccccc2)n2ncnc12. The number of fused-ring (bicyclic) bond motifs is 1. The number of aromatic nitrogens is 3. The molecule has 2 aromatic heterocycles. The number of nitrogens with zero attached hydrogens (tertiary/aromatic N) is 3. The Kier molecular flexibility index (Phi) is 3.58. The fraction of sp³-hybridized carbons (Fsp3) is 0.133. The van der Waals surface area contributed by atoms with Crippen LogP contribution in [0.5, 0.6) is 0 Å². The molecule has 106 valence electrons. The Bertz CT molecular complexity index is 799. The van der Waals surface area contributed by atoms with Crippen LogP contribution in [0.2, 0.25) is 5.02 Å². The quantitative estimate of drug-likeness (QED) is 0.804. The molecular formula is C15H12ClN3O2. The first-order valence-electron chi connectivity index (χ1n) is 6.45. The lowest BCUT2D eigenvalue weighted by molar-refractivity contribution is 0.0698. The van der Waals surface area contributed by atoms with Crippen LogP contribution in [0, 0.1) is 0 Å². The first-order chi connectivity index (χ1) is 10.2. The number of carboxylic acid groups (broad SMARTS) is 1. The topological polar surface area (TPSA) is 67.5 Å². The second-order valence-electron chi connectivity index (χ2n) is 4.64. The molecule has 0 saturated heterocycles. The van der Waals surface area contributed by atoms with Crippen LogP contribution in [-0.2, 0) is 12.8 Å². The molecule has 5 nitrogen and oxygen atoms in total. The molecule has 0 aliphatic carbocycles. The standard InChI is InChI=1S/C15H12ClN3O2/c16-12-8-11(7-6-10-4-2-1-3-5-10)19-14(17-9-18-19)13(12)15(20)21/h1-5,8-9H,6-7H2,(H,20,21).